The second-order valence-electron chi connectivity index (χ2n) is 10.2. The van der Waals surface area contributed by atoms with Gasteiger partial charge in [-0.2, -0.15) is 0 Å². The maximum absolute atomic E-state index is 11.7. The lowest BCUT2D eigenvalue weighted by Crippen LogP contribution is -2.29. The van der Waals surface area contributed by atoms with Crippen LogP contribution in [0.1, 0.15) is 28.7 Å². The average molecular weight is 470 g/mol. The molecule has 180 valence electrons. The van der Waals surface area contributed by atoms with Crippen molar-refractivity contribution >= 4 is 11.8 Å². The van der Waals surface area contributed by atoms with Crippen LogP contribution in [0.4, 0.5) is 5.82 Å². The summed E-state index contributed by atoms with van der Waals surface area (Å²) in [5.41, 5.74) is 6.33. The van der Waals surface area contributed by atoms with Crippen molar-refractivity contribution in [1.29, 1.82) is 0 Å². The summed E-state index contributed by atoms with van der Waals surface area (Å²) in [5, 5.41) is 13.1. The maximum Gasteiger partial charge on any atom is 0.311 e. The minimum Gasteiger partial charge on any atom is -0.488 e. The average Bonchev–Trinajstić information content (AvgIpc) is 3.52. The van der Waals surface area contributed by atoms with Crippen molar-refractivity contribution in [3.8, 4) is 17.0 Å². The third-order valence-corrected chi connectivity index (χ3v) is 7.91. The lowest BCUT2D eigenvalue weighted by atomic mass is 10.0. The molecule has 1 saturated carbocycles. The number of benzene rings is 2. The first-order valence-electron chi connectivity index (χ1n) is 12.5. The lowest BCUT2D eigenvalue weighted by molar-refractivity contribution is -0.143. The number of ether oxygens (including phenoxy) is 1. The first-order chi connectivity index (χ1) is 17.0. The van der Waals surface area contributed by atoms with Gasteiger partial charge in [0.05, 0.1) is 11.1 Å². The van der Waals surface area contributed by atoms with Crippen LogP contribution in [0.15, 0.2) is 54.6 Å². The number of aryl methyl sites for hydroxylation is 1. The SMILES string of the molecule is Cc1cccc(-c2cccc(N3C[C@@H]4C[C@]4(C(=O)O)C3)n2)c1OCc1ccc2c(c1)CCNCC2. The van der Waals surface area contributed by atoms with E-state index in [0.717, 1.165) is 67.3 Å². The normalized spacial score (nSPS) is 22.8. The number of hydrogen-bond acceptors (Lipinski definition) is 5. The van der Waals surface area contributed by atoms with Gasteiger partial charge in [-0.1, -0.05) is 36.4 Å². The highest BCUT2D eigenvalue weighted by Crippen LogP contribution is 2.58. The Labute approximate surface area is 206 Å². The highest BCUT2D eigenvalue weighted by Gasteiger charge is 2.65. The highest BCUT2D eigenvalue weighted by atomic mass is 16.5. The molecule has 0 unspecified atom stereocenters. The van der Waals surface area contributed by atoms with Crippen LogP contribution in [0.3, 0.4) is 0 Å². The molecule has 3 aromatic rings. The number of hydrogen-bond donors (Lipinski definition) is 2. The summed E-state index contributed by atoms with van der Waals surface area (Å²) in [4.78, 5) is 18.8. The van der Waals surface area contributed by atoms with Crippen LogP contribution in [-0.4, -0.2) is 42.2 Å². The molecule has 1 aromatic heterocycles. The molecular weight excluding hydrogens is 438 g/mol. The molecule has 6 nitrogen and oxygen atoms in total. The smallest absolute Gasteiger partial charge is 0.311 e. The fraction of sp³-hybridized carbons (Fsp3) is 0.379. The Morgan fingerprint density at radius 1 is 1.14 bits per heavy atom. The topological polar surface area (TPSA) is 74.7 Å². The van der Waals surface area contributed by atoms with Crippen molar-refractivity contribution in [2.24, 2.45) is 11.3 Å². The molecule has 2 aliphatic heterocycles. The number of aliphatic carboxylic acids is 1. The van der Waals surface area contributed by atoms with Gasteiger partial charge in [-0.15, -0.1) is 0 Å². The number of anilines is 1. The summed E-state index contributed by atoms with van der Waals surface area (Å²) in [6, 6.07) is 18.8. The number of aromatic nitrogens is 1. The minimum absolute atomic E-state index is 0.236. The Morgan fingerprint density at radius 2 is 1.97 bits per heavy atom. The Kier molecular flexibility index (Phi) is 5.49. The van der Waals surface area contributed by atoms with Gasteiger partial charge in [0.25, 0.3) is 0 Å². The van der Waals surface area contributed by atoms with Gasteiger partial charge < -0.3 is 20.1 Å². The van der Waals surface area contributed by atoms with Crippen LogP contribution >= 0.6 is 0 Å². The monoisotopic (exact) mass is 469 g/mol. The van der Waals surface area contributed by atoms with Crippen molar-refractivity contribution in [3.05, 3.63) is 76.9 Å². The van der Waals surface area contributed by atoms with Crippen LogP contribution in [0.5, 0.6) is 5.75 Å². The second kappa shape index (κ2) is 8.68. The number of carboxylic acids is 1. The van der Waals surface area contributed by atoms with Crippen LogP contribution in [-0.2, 0) is 24.2 Å². The molecule has 0 radical (unpaired) electrons. The number of pyridine rings is 1. The number of nitrogens with one attached hydrogen (secondary N) is 1. The maximum atomic E-state index is 11.7. The van der Waals surface area contributed by atoms with E-state index in [0.29, 0.717) is 13.2 Å². The Bertz CT molecular complexity index is 1290. The summed E-state index contributed by atoms with van der Waals surface area (Å²) in [7, 11) is 0. The van der Waals surface area contributed by atoms with Crippen LogP contribution in [0.2, 0.25) is 0 Å². The third kappa shape index (κ3) is 4.06. The molecule has 2 aromatic carbocycles. The van der Waals surface area contributed by atoms with E-state index in [1.54, 1.807) is 0 Å². The molecule has 1 saturated heterocycles. The first-order valence-corrected chi connectivity index (χ1v) is 12.5. The predicted molar refractivity (Wildman–Crippen MR) is 136 cm³/mol. The van der Waals surface area contributed by atoms with Crippen LogP contribution in [0, 0.1) is 18.3 Å². The molecule has 6 heteroatoms. The Morgan fingerprint density at radius 3 is 2.80 bits per heavy atom. The number of nitrogens with zero attached hydrogens (tertiary/aromatic N) is 2. The fourth-order valence-corrected chi connectivity index (χ4v) is 5.76. The summed E-state index contributed by atoms with van der Waals surface area (Å²) in [6.07, 6.45) is 2.91. The predicted octanol–water partition coefficient (Wildman–Crippen LogP) is 4.24. The number of rotatable bonds is 6. The summed E-state index contributed by atoms with van der Waals surface area (Å²) < 4.78 is 6.42. The zero-order valence-electron chi connectivity index (χ0n) is 20.1. The van der Waals surface area contributed by atoms with E-state index >= 15 is 0 Å². The van der Waals surface area contributed by atoms with Crippen molar-refractivity contribution in [1.82, 2.24) is 10.3 Å². The minimum atomic E-state index is -0.676. The molecule has 35 heavy (non-hydrogen) atoms. The van der Waals surface area contributed by atoms with E-state index in [2.05, 4.69) is 47.5 Å². The van der Waals surface area contributed by atoms with E-state index in [-0.39, 0.29) is 5.92 Å². The van der Waals surface area contributed by atoms with Gasteiger partial charge in [-0.25, -0.2) is 4.98 Å². The summed E-state index contributed by atoms with van der Waals surface area (Å²) in [5.74, 6) is 1.24. The van der Waals surface area contributed by atoms with Crippen molar-refractivity contribution in [2.75, 3.05) is 31.1 Å². The van der Waals surface area contributed by atoms with Gasteiger partial charge in [-0.05, 0) is 85.6 Å². The largest absolute Gasteiger partial charge is 0.488 e. The van der Waals surface area contributed by atoms with E-state index < -0.39 is 11.4 Å². The molecule has 3 aliphatic rings. The van der Waals surface area contributed by atoms with E-state index in [1.807, 2.05) is 24.3 Å². The first kappa shape index (κ1) is 22.1. The number of piperidine rings is 1. The molecule has 3 heterocycles. The Balaban J connectivity index is 1.24. The van der Waals surface area contributed by atoms with E-state index in [4.69, 9.17) is 9.72 Å². The molecule has 0 bridgehead atoms. The van der Waals surface area contributed by atoms with E-state index in [9.17, 15) is 9.90 Å². The third-order valence-electron chi connectivity index (χ3n) is 7.91. The summed E-state index contributed by atoms with van der Waals surface area (Å²) >= 11 is 0. The molecule has 0 spiro atoms. The quantitative estimate of drug-likeness (QED) is 0.563. The standard InChI is InChI=1S/C29H31N3O3/c1-19-4-2-5-24(27(19)35-17-20-8-9-21-10-12-30-13-11-22(21)14-20)25-6-3-7-26(31-25)32-16-23-15-29(23,18-32)28(33)34/h2-9,14,23,30H,10-13,15-18H2,1H3,(H,33,34)/t23-,29-/m0/s1. The highest BCUT2D eigenvalue weighted by molar-refractivity contribution is 5.81. The Hall–Kier alpha value is -3.38. The van der Waals surface area contributed by atoms with Crippen LogP contribution in [0.25, 0.3) is 11.3 Å². The van der Waals surface area contributed by atoms with Crippen molar-refractivity contribution < 1.29 is 14.6 Å². The molecular formula is C29H31N3O3. The van der Waals surface area contributed by atoms with Gasteiger partial charge in [0.15, 0.2) is 0 Å². The van der Waals surface area contributed by atoms with Gasteiger partial charge in [-0.3, -0.25) is 4.79 Å². The molecule has 6 rings (SSSR count). The summed E-state index contributed by atoms with van der Waals surface area (Å²) in [6.45, 7) is 5.93. The van der Waals surface area contributed by atoms with E-state index in [1.165, 1.54) is 16.7 Å². The second-order valence-corrected chi connectivity index (χ2v) is 10.2. The van der Waals surface area contributed by atoms with Crippen molar-refractivity contribution in [3.63, 3.8) is 0 Å². The molecule has 0 amide bonds. The van der Waals surface area contributed by atoms with Crippen molar-refractivity contribution in [2.45, 2.75) is 32.8 Å². The number of carbonyl (C=O) groups is 1. The number of para-hydroxylation sites is 1. The molecule has 2 N–H and O–H groups in total. The molecule has 2 fully saturated rings. The zero-order valence-corrected chi connectivity index (χ0v) is 20.1. The number of carboxylic acid groups (broad SMARTS) is 1. The van der Waals surface area contributed by atoms with Gasteiger partial charge in [0, 0.05) is 18.7 Å². The fourth-order valence-electron chi connectivity index (χ4n) is 5.76. The van der Waals surface area contributed by atoms with Crippen LogP contribution < -0.4 is 15.0 Å². The van der Waals surface area contributed by atoms with Gasteiger partial charge in [0.2, 0.25) is 0 Å². The van der Waals surface area contributed by atoms with Gasteiger partial charge in [0.1, 0.15) is 18.2 Å². The van der Waals surface area contributed by atoms with Gasteiger partial charge >= 0.3 is 5.97 Å². The zero-order chi connectivity index (χ0) is 24.0. The molecule has 1 aliphatic carbocycles. The number of fused-ring (bicyclic) bond motifs is 2. The lowest BCUT2D eigenvalue weighted by Gasteiger charge is -2.21. The molecule has 2 atom stereocenters.